The quantitative estimate of drug-likeness (QED) is 0.591. The standard InChI is InChI=1S/C13H20ClNOS/c1-10(2)15-9-11-5-3-6-12(14)13(11)17-8-4-7-16/h3,5-6,10,15-16H,4,7-9H2,1-2H3. The summed E-state index contributed by atoms with van der Waals surface area (Å²) in [5, 5.41) is 13.0. The van der Waals surface area contributed by atoms with Gasteiger partial charge in [0.1, 0.15) is 0 Å². The fourth-order valence-corrected chi connectivity index (χ4v) is 2.77. The summed E-state index contributed by atoms with van der Waals surface area (Å²) in [6, 6.07) is 6.46. The second kappa shape index (κ2) is 7.98. The summed E-state index contributed by atoms with van der Waals surface area (Å²) in [7, 11) is 0. The van der Waals surface area contributed by atoms with E-state index in [0.29, 0.717) is 6.04 Å². The maximum absolute atomic E-state index is 8.80. The van der Waals surface area contributed by atoms with Crippen molar-refractivity contribution in [1.29, 1.82) is 0 Å². The zero-order valence-corrected chi connectivity index (χ0v) is 11.9. The molecular weight excluding hydrogens is 254 g/mol. The molecule has 17 heavy (non-hydrogen) atoms. The number of aliphatic hydroxyl groups excluding tert-OH is 1. The van der Waals surface area contributed by atoms with Crippen molar-refractivity contribution in [3.05, 3.63) is 28.8 Å². The van der Waals surface area contributed by atoms with Crippen LogP contribution in [-0.4, -0.2) is 23.5 Å². The predicted molar refractivity (Wildman–Crippen MR) is 75.9 cm³/mol. The maximum atomic E-state index is 8.80. The maximum Gasteiger partial charge on any atom is 0.0545 e. The summed E-state index contributed by atoms with van der Waals surface area (Å²) in [6.45, 7) is 5.32. The van der Waals surface area contributed by atoms with Crippen molar-refractivity contribution in [2.75, 3.05) is 12.4 Å². The van der Waals surface area contributed by atoms with Crippen molar-refractivity contribution in [2.24, 2.45) is 0 Å². The van der Waals surface area contributed by atoms with Gasteiger partial charge in [-0.1, -0.05) is 37.6 Å². The van der Waals surface area contributed by atoms with Crippen molar-refractivity contribution in [3.63, 3.8) is 0 Å². The zero-order valence-electron chi connectivity index (χ0n) is 10.4. The molecule has 0 aromatic heterocycles. The Labute approximate surface area is 113 Å². The Morgan fingerprint density at radius 2 is 2.18 bits per heavy atom. The van der Waals surface area contributed by atoms with E-state index in [2.05, 4.69) is 25.2 Å². The Balaban J connectivity index is 2.69. The minimum Gasteiger partial charge on any atom is -0.396 e. The fourth-order valence-electron chi connectivity index (χ4n) is 1.41. The van der Waals surface area contributed by atoms with E-state index in [4.69, 9.17) is 16.7 Å². The normalized spacial score (nSPS) is 11.1. The monoisotopic (exact) mass is 273 g/mol. The van der Waals surface area contributed by atoms with Crippen molar-refractivity contribution in [2.45, 2.75) is 37.8 Å². The number of hydrogen-bond donors (Lipinski definition) is 2. The van der Waals surface area contributed by atoms with Gasteiger partial charge in [0, 0.05) is 29.8 Å². The van der Waals surface area contributed by atoms with Crippen LogP contribution in [0.25, 0.3) is 0 Å². The Morgan fingerprint density at radius 1 is 1.41 bits per heavy atom. The number of hydrogen-bond acceptors (Lipinski definition) is 3. The predicted octanol–water partition coefficient (Wildman–Crippen LogP) is 3.31. The molecule has 0 fully saturated rings. The van der Waals surface area contributed by atoms with Gasteiger partial charge in [0.05, 0.1) is 5.02 Å². The molecule has 0 radical (unpaired) electrons. The summed E-state index contributed by atoms with van der Waals surface area (Å²) in [5.74, 6) is 0.898. The van der Waals surface area contributed by atoms with E-state index in [1.54, 1.807) is 11.8 Å². The van der Waals surface area contributed by atoms with Gasteiger partial charge in [-0.3, -0.25) is 0 Å². The van der Waals surface area contributed by atoms with Crippen molar-refractivity contribution < 1.29 is 5.11 Å². The summed E-state index contributed by atoms with van der Waals surface area (Å²) < 4.78 is 0. The molecule has 0 saturated carbocycles. The van der Waals surface area contributed by atoms with Gasteiger partial charge in [0.15, 0.2) is 0 Å². The molecule has 0 atom stereocenters. The number of halogens is 1. The van der Waals surface area contributed by atoms with E-state index in [1.807, 2.05) is 12.1 Å². The first-order valence-corrected chi connectivity index (χ1v) is 7.26. The number of rotatable bonds is 7. The smallest absolute Gasteiger partial charge is 0.0545 e. The topological polar surface area (TPSA) is 32.3 Å². The number of thioether (sulfide) groups is 1. The summed E-state index contributed by atoms with van der Waals surface area (Å²) in [5.41, 5.74) is 1.23. The number of benzene rings is 1. The van der Waals surface area contributed by atoms with Gasteiger partial charge in [0.2, 0.25) is 0 Å². The Bertz CT molecular complexity index is 344. The Morgan fingerprint density at radius 3 is 2.82 bits per heavy atom. The average Bonchev–Trinajstić information content (AvgIpc) is 2.29. The van der Waals surface area contributed by atoms with Gasteiger partial charge in [-0.25, -0.2) is 0 Å². The summed E-state index contributed by atoms with van der Waals surface area (Å²) in [6.07, 6.45) is 0.799. The molecule has 0 spiro atoms. The van der Waals surface area contributed by atoms with Crippen molar-refractivity contribution >= 4 is 23.4 Å². The first-order chi connectivity index (χ1) is 8.15. The van der Waals surface area contributed by atoms with Crippen LogP contribution in [0.2, 0.25) is 5.02 Å². The highest BCUT2D eigenvalue weighted by Crippen LogP contribution is 2.31. The van der Waals surface area contributed by atoms with Crippen LogP contribution in [0.5, 0.6) is 0 Å². The molecular formula is C13H20ClNOS. The molecule has 2 N–H and O–H groups in total. The Kier molecular flexibility index (Phi) is 6.97. The SMILES string of the molecule is CC(C)NCc1cccc(Cl)c1SCCCO. The number of aliphatic hydroxyl groups is 1. The van der Waals surface area contributed by atoms with Gasteiger partial charge in [-0.2, -0.15) is 0 Å². The highest BCUT2D eigenvalue weighted by Gasteiger charge is 2.07. The third-order valence-electron chi connectivity index (χ3n) is 2.30. The lowest BCUT2D eigenvalue weighted by molar-refractivity contribution is 0.296. The molecule has 0 heterocycles. The Hall–Kier alpha value is -0.220. The van der Waals surface area contributed by atoms with E-state index >= 15 is 0 Å². The van der Waals surface area contributed by atoms with Crippen LogP contribution in [0.15, 0.2) is 23.1 Å². The molecule has 0 saturated heterocycles. The summed E-state index contributed by atoms with van der Waals surface area (Å²) in [4.78, 5) is 1.13. The fraction of sp³-hybridized carbons (Fsp3) is 0.538. The highest BCUT2D eigenvalue weighted by molar-refractivity contribution is 7.99. The third kappa shape index (κ3) is 5.30. The largest absolute Gasteiger partial charge is 0.396 e. The van der Waals surface area contributed by atoms with Crippen LogP contribution in [-0.2, 0) is 6.54 Å². The van der Waals surface area contributed by atoms with Crippen molar-refractivity contribution in [1.82, 2.24) is 5.32 Å². The van der Waals surface area contributed by atoms with E-state index in [9.17, 15) is 0 Å². The molecule has 0 aliphatic rings. The second-order valence-electron chi connectivity index (χ2n) is 4.19. The van der Waals surface area contributed by atoms with E-state index < -0.39 is 0 Å². The van der Waals surface area contributed by atoms with E-state index in [-0.39, 0.29) is 6.61 Å². The lowest BCUT2D eigenvalue weighted by atomic mass is 10.2. The zero-order chi connectivity index (χ0) is 12.7. The average molecular weight is 274 g/mol. The molecule has 0 aliphatic carbocycles. The van der Waals surface area contributed by atoms with E-state index in [0.717, 1.165) is 28.6 Å². The minimum absolute atomic E-state index is 0.233. The van der Waals surface area contributed by atoms with Crippen LogP contribution in [0.3, 0.4) is 0 Å². The van der Waals surface area contributed by atoms with Gasteiger partial charge < -0.3 is 10.4 Å². The molecule has 4 heteroatoms. The molecule has 0 aliphatic heterocycles. The van der Waals surface area contributed by atoms with Crippen molar-refractivity contribution in [3.8, 4) is 0 Å². The van der Waals surface area contributed by atoms with Gasteiger partial charge in [0.25, 0.3) is 0 Å². The van der Waals surface area contributed by atoms with E-state index in [1.165, 1.54) is 5.56 Å². The molecule has 0 bridgehead atoms. The molecule has 2 nitrogen and oxygen atoms in total. The first kappa shape index (κ1) is 14.8. The molecule has 1 aromatic carbocycles. The summed E-state index contributed by atoms with van der Waals surface area (Å²) >= 11 is 7.93. The first-order valence-electron chi connectivity index (χ1n) is 5.89. The van der Waals surface area contributed by atoms with Gasteiger partial charge >= 0.3 is 0 Å². The molecule has 96 valence electrons. The second-order valence-corrected chi connectivity index (χ2v) is 5.70. The van der Waals surface area contributed by atoms with Crippen LogP contribution >= 0.6 is 23.4 Å². The number of nitrogens with one attached hydrogen (secondary N) is 1. The molecule has 0 unspecified atom stereocenters. The van der Waals surface area contributed by atoms with Gasteiger partial charge in [-0.15, -0.1) is 11.8 Å². The lowest BCUT2D eigenvalue weighted by Crippen LogP contribution is -2.22. The van der Waals surface area contributed by atoms with Crippen LogP contribution in [0.1, 0.15) is 25.8 Å². The minimum atomic E-state index is 0.233. The lowest BCUT2D eigenvalue weighted by Gasteiger charge is -2.13. The van der Waals surface area contributed by atoms with Crippen LogP contribution < -0.4 is 5.32 Å². The third-order valence-corrected chi connectivity index (χ3v) is 3.99. The molecule has 1 rings (SSSR count). The highest BCUT2D eigenvalue weighted by atomic mass is 35.5. The molecule has 0 amide bonds. The van der Waals surface area contributed by atoms with Crippen LogP contribution in [0, 0.1) is 0 Å². The molecule has 1 aromatic rings. The van der Waals surface area contributed by atoms with Crippen LogP contribution in [0.4, 0.5) is 0 Å². The van der Waals surface area contributed by atoms with Gasteiger partial charge in [-0.05, 0) is 18.1 Å².